The first kappa shape index (κ1) is 17.5. The van der Waals surface area contributed by atoms with E-state index in [4.69, 9.17) is 5.73 Å². The second-order valence-corrected chi connectivity index (χ2v) is 8.23. The number of aryl methyl sites for hydroxylation is 1. The highest BCUT2D eigenvalue weighted by Crippen LogP contribution is 2.36. The quantitative estimate of drug-likeness (QED) is 0.816. The van der Waals surface area contributed by atoms with Gasteiger partial charge in [-0.05, 0) is 31.2 Å². The van der Waals surface area contributed by atoms with Crippen LogP contribution < -0.4 is 5.73 Å². The van der Waals surface area contributed by atoms with Crippen LogP contribution in [0.5, 0.6) is 0 Å². The van der Waals surface area contributed by atoms with E-state index in [0.717, 1.165) is 31.2 Å². The first-order chi connectivity index (χ1) is 12.5. The molecule has 1 aliphatic heterocycles. The van der Waals surface area contributed by atoms with E-state index >= 15 is 0 Å². The number of hydrogen-bond acceptors (Lipinski definition) is 4. The summed E-state index contributed by atoms with van der Waals surface area (Å²) in [7, 11) is 1.87. The van der Waals surface area contributed by atoms with Crippen LogP contribution in [0.4, 0.5) is 0 Å². The highest BCUT2D eigenvalue weighted by atomic mass is 16.2. The number of amides is 2. The van der Waals surface area contributed by atoms with Gasteiger partial charge in [0.2, 0.25) is 11.8 Å². The van der Waals surface area contributed by atoms with Crippen molar-refractivity contribution >= 4 is 11.8 Å². The molecular formula is C19H29N5O2. The lowest BCUT2D eigenvalue weighted by atomic mass is 9.90. The molecule has 1 saturated heterocycles. The molecule has 1 aromatic rings. The van der Waals surface area contributed by atoms with Crippen molar-refractivity contribution in [3.63, 3.8) is 0 Å². The van der Waals surface area contributed by atoms with Crippen molar-refractivity contribution in [3.8, 4) is 0 Å². The van der Waals surface area contributed by atoms with E-state index in [1.54, 1.807) is 10.9 Å². The molecule has 7 nitrogen and oxygen atoms in total. The zero-order valence-corrected chi connectivity index (χ0v) is 15.5. The van der Waals surface area contributed by atoms with Crippen LogP contribution in [0.3, 0.4) is 0 Å². The van der Waals surface area contributed by atoms with Gasteiger partial charge in [0.25, 0.3) is 0 Å². The summed E-state index contributed by atoms with van der Waals surface area (Å²) in [6.45, 7) is 1.64. The van der Waals surface area contributed by atoms with Gasteiger partial charge in [-0.25, -0.2) is 0 Å². The Labute approximate surface area is 154 Å². The van der Waals surface area contributed by atoms with Crippen LogP contribution in [0, 0.1) is 5.92 Å². The van der Waals surface area contributed by atoms with Gasteiger partial charge in [0.1, 0.15) is 0 Å². The fourth-order valence-electron chi connectivity index (χ4n) is 4.79. The van der Waals surface area contributed by atoms with Crippen molar-refractivity contribution < 1.29 is 9.59 Å². The lowest BCUT2D eigenvalue weighted by molar-refractivity contribution is -0.135. The second-order valence-electron chi connectivity index (χ2n) is 8.23. The van der Waals surface area contributed by atoms with Gasteiger partial charge in [0.05, 0.1) is 18.7 Å². The standard InChI is InChI=1S/C19H29N5O2/c1-22-9-13(8-21-22)16-10-23(11-17(16)19(20)26)12-18(25)24(15-6-7-15)14-4-2-3-5-14/h8-9,14-17H,2-7,10-12H2,1H3,(H2,20,26)/t16-,17+/m1/s1. The predicted molar refractivity (Wildman–Crippen MR) is 97.2 cm³/mol. The van der Waals surface area contributed by atoms with Crippen molar-refractivity contribution in [1.82, 2.24) is 19.6 Å². The normalized spacial score (nSPS) is 27.1. The van der Waals surface area contributed by atoms with Crippen molar-refractivity contribution in [2.75, 3.05) is 19.6 Å². The number of nitrogens with zero attached hydrogens (tertiary/aromatic N) is 4. The van der Waals surface area contributed by atoms with Crippen LogP contribution in [0.1, 0.15) is 50.0 Å². The molecule has 2 saturated carbocycles. The molecule has 3 fully saturated rings. The summed E-state index contributed by atoms with van der Waals surface area (Å²) >= 11 is 0. The Morgan fingerprint density at radius 2 is 1.88 bits per heavy atom. The lowest BCUT2D eigenvalue weighted by Gasteiger charge is -2.31. The van der Waals surface area contributed by atoms with E-state index in [-0.39, 0.29) is 23.7 Å². The minimum absolute atomic E-state index is 0.0230. The van der Waals surface area contributed by atoms with Crippen molar-refractivity contribution in [1.29, 1.82) is 0 Å². The smallest absolute Gasteiger partial charge is 0.237 e. The van der Waals surface area contributed by atoms with Crippen molar-refractivity contribution in [3.05, 3.63) is 18.0 Å². The average Bonchev–Trinajstić information content (AvgIpc) is 3.01. The molecule has 142 valence electrons. The van der Waals surface area contributed by atoms with Gasteiger partial charge in [-0.3, -0.25) is 19.2 Å². The Morgan fingerprint density at radius 1 is 1.19 bits per heavy atom. The Bertz CT molecular complexity index is 677. The number of likely N-dealkylation sites (tertiary alicyclic amines) is 1. The van der Waals surface area contributed by atoms with Gasteiger partial charge in [0.15, 0.2) is 0 Å². The van der Waals surface area contributed by atoms with Gasteiger partial charge in [-0.15, -0.1) is 0 Å². The summed E-state index contributed by atoms with van der Waals surface area (Å²) < 4.78 is 1.75. The third-order valence-corrected chi connectivity index (χ3v) is 6.22. The lowest BCUT2D eigenvalue weighted by Crippen LogP contribution is -2.45. The van der Waals surface area contributed by atoms with Crippen molar-refractivity contribution in [2.24, 2.45) is 18.7 Å². The Hall–Kier alpha value is -1.89. The zero-order valence-electron chi connectivity index (χ0n) is 15.5. The van der Waals surface area contributed by atoms with Crippen LogP contribution in [0.15, 0.2) is 12.4 Å². The Balaban J connectivity index is 1.44. The molecule has 4 rings (SSSR count). The fourth-order valence-corrected chi connectivity index (χ4v) is 4.79. The van der Waals surface area contributed by atoms with Crippen LogP contribution in [-0.2, 0) is 16.6 Å². The summed E-state index contributed by atoms with van der Waals surface area (Å²) in [5.74, 6) is -0.291. The molecule has 1 aromatic heterocycles. The van der Waals surface area contributed by atoms with Gasteiger partial charge in [0, 0.05) is 44.3 Å². The summed E-state index contributed by atoms with van der Waals surface area (Å²) in [6.07, 6.45) is 10.8. The maximum Gasteiger partial charge on any atom is 0.237 e. The van der Waals surface area contributed by atoms with Gasteiger partial charge >= 0.3 is 0 Å². The third-order valence-electron chi connectivity index (χ3n) is 6.22. The first-order valence-electron chi connectivity index (χ1n) is 9.84. The molecule has 0 bridgehead atoms. The average molecular weight is 359 g/mol. The SMILES string of the molecule is Cn1cc([C@H]2CN(CC(=O)N(C3CCCC3)C3CC3)C[C@@H]2C(N)=O)cn1. The molecule has 7 heteroatoms. The summed E-state index contributed by atoms with van der Waals surface area (Å²) in [5.41, 5.74) is 6.68. The monoisotopic (exact) mass is 359 g/mol. The summed E-state index contributed by atoms with van der Waals surface area (Å²) in [4.78, 5) is 29.3. The molecule has 0 unspecified atom stereocenters. The van der Waals surface area contributed by atoms with E-state index < -0.39 is 0 Å². The van der Waals surface area contributed by atoms with Crippen LogP contribution in [-0.4, -0.2) is 63.1 Å². The maximum absolute atomic E-state index is 13.0. The molecule has 2 atom stereocenters. The van der Waals surface area contributed by atoms with Crippen molar-refractivity contribution in [2.45, 2.75) is 56.5 Å². The molecular weight excluding hydrogens is 330 g/mol. The molecule has 0 spiro atoms. The minimum atomic E-state index is -0.288. The number of carbonyl (C=O) groups excluding carboxylic acids is 2. The van der Waals surface area contributed by atoms with E-state index in [1.165, 1.54) is 12.8 Å². The van der Waals surface area contributed by atoms with Gasteiger partial charge < -0.3 is 10.6 Å². The van der Waals surface area contributed by atoms with Crippen LogP contribution in [0.25, 0.3) is 0 Å². The molecule has 0 aromatic carbocycles. The first-order valence-corrected chi connectivity index (χ1v) is 9.84. The van der Waals surface area contributed by atoms with Crippen LogP contribution >= 0.6 is 0 Å². The molecule has 26 heavy (non-hydrogen) atoms. The zero-order chi connectivity index (χ0) is 18.3. The highest BCUT2D eigenvalue weighted by Gasteiger charge is 2.42. The third kappa shape index (κ3) is 3.49. The minimum Gasteiger partial charge on any atom is -0.369 e. The van der Waals surface area contributed by atoms with E-state index in [2.05, 4.69) is 14.9 Å². The van der Waals surface area contributed by atoms with E-state index in [9.17, 15) is 9.59 Å². The van der Waals surface area contributed by atoms with E-state index in [1.807, 2.05) is 13.2 Å². The number of rotatable bonds is 6. The molecule has 2 N–H and O–H groups in total. The molecule has 2 aliphatic carbocycles. The summed E-state index contributed by atoms with van der Waals surface area (Å²) in [6, 6.07) is 0.882. The number of aromatic nitrogens is 2. The molecule has 2 heterocycles. The summed E-state index contributed by atoms with van der Waals surface area (Å²) in [5, 5.41) is 4.22. The second kappa shape index (κ2) is 7.02. The molecule has 3 aliphatic rings. The fraction of sp³-hybridized carbons (Fsp3) is 0.737. The predicted octanol–water partition coefficient (Wildman–Crippen LogP) is 0.854. The highest BCUT2D eigenvalue weighted by molar-refractivity contribution is 5.81. The Morgan fingerprint density at radius 3 is 2.46 bits per heavy atom. The van der Waals surface area contributed by atoms with Gasteiger partial charge in [-0.2, -0.15) is 5.10 Å². The molecule has 2 amide bonds. The maximum atomic E-state index is 13.0. The number of hydrogen-bond donors (Lipinski definition) is 1. The van der Waals surface area contributed by atoms with Crippen LogP contribution in [0.2, 0.25) is 0 Å². The topological polar surface area (TPSA) is 84.5 Å². The number of primary amides is 1. The largest absolute Gasteiger partial charge is 0.369 e. The van der Waals surface area contributed by atoms with Gasteiger partial charge in [-0.1, -0.05) is 12.8 Å². The molecule has 0 radical (unpaired) electrons. The number of carbonyl (C=O) groups is 2. The number of nitrogens with two attached hydrogens (primary N) is 1. The Kier molecular flexibility index (Phi) is 4.73. The van der Waals surface area contributed by atoms with E-state index in [0.29, 0.717) is 31.7 Å².